The van der Waals surface area contributed by atoms with Crippen LogP contribution in [0.25, 0.3) is 0 Å². The summed E-state index contributed by atoms with van der Waals surface area (Å²) in [7, 11) is 0. The van der Waals surface area contributed by atoms with E-state index in [2.05, 4.69) is 0 Å². The maximum absolute atomic E-state index is 12.3. The molecule has 4 nitrogen and oxygen atoms in total. The molecule has 21 heavy (non-hydrogen) atoms. The van der Waals surface area contributed by atoms with Gasteiger partial charge in [0, 0.05) is 11.6 Å². The van der Waals surface area contributed by atoms with E-state index >= 15 is 0 Å². The molecule has 1 saturated heterocycles. The number of carbonyl (C=O) groups excluding carboxylic acids is 2. The molecular weight excluding hydrogens is 313 g/mol. The van der Waals surface area contributed by atoms with E-state index in [0.29, 0.717) is 34.5 Å². The Balaban J connectivity index is 2.36. The molecule has 0 bridgehead atoms. The number of hydrogen-bond donors (Lipinski definition) is 0. The zero-order chi connectivity index (χ0) is 15.6. The number of halogens is 2. The van der Waals surface area contributed by atoms with Crippen LogP contribution in [0.1, 0.15) is 20.3 Å². The third kappa shape index (κ3) is 3.22. The Bertz CT molecular complexity index is 621. The lowest BCUT2D eigenvalue weighted by Crippen LogP contribution is -2.29. The number of allylic oxidation sites excluding steroid dienone is 1. The average molecular weight is 328 g/mol. The van der Waals surface area contributed by atoms with E-state index in [0.717, 1.165) is 10.5 Å². The summed E-state index contributed by atoms with van der Waals surface area (Å²) < 4.78 is 5.41. The van der Waals surface area contributed by atoms with Crippen LogP contribution in [0.3, 0.4) is 0 Å². The molecule has 6 heteroatoms. The van der Waals surface area contributed by atoms with Crippen LogP contribution in [0.2, 0.25) is 5.02 Å². The standard InChI is InChI=1S/C15H15Cl2NO3/c1-9(2)11-8-14(19)18(15(11)20)10-3-4-12(17)13(7-10)21-6-5-16/h3-4,7H,5-6,8H2,1-2H3. The van der Waals surface area contributed by atoms with Crippen molar-refractivity contribution in [1.29, 1.82) is 0 Å². The maximum Gasteiger partial charge on any atom is 0.261 e. The molecule has 0 aliphatic carbocycles. The van der Waals surface area contributed by atoms with E-state index in [1.54, 1.807) is 18.2 Å². The Hall–Kier alpha value is -1.52. The number of hydrogen-bond acceptors (Lipinski definition) is 3. The molecule has 0 saturated carbocycles. The first-order valence-corrected chi connectivity index (χ1v) is 7.39. The van der Waals surface area contributed by atoms with Gasteiger partial charge in [-0.05, 0) is 26.0 Å². The van der Waals surface area contributed by atoms with Crippen LogP contribution >= 0.6 is 23.2 Å². The van der Waals surface area contributed by atoms with Gasteiger partial charge < -0.3 is 4.74 Å². The summed E-state index contributed by atoms with van der Waals surface area (Å²) in [4.78, 5) is 25.6. The van der Waals surface area contributed by atoms with Gasteiger partial charge in [-0.15, -0.1) is 11.6 Å². The number of amides is 2. The fourth-order valence-electron chi connectivity index (χ4n) is 2.10. The van der Waals surface area contributed by atoms with Crippen LogP contribution in [0, 0.1) is 0 Å². The lowest BCUT2D eigenvalue weighted by atomic mass is 10.1. The predicted octanol–water partition coefficient (Wildman–Crippen LogP) is 3.56. The Kier molecular flexibility index (Phi) is 4.91. The summed E-state index contributed by atoms with van der Waals surface area (Å²) in [5, 5.41) is 0.408. The van der Waals surface area contributed by atoms with Gasteiger partial charge in [-0.1, -0.05) is 17.2 Å². The third-order valence-corrected chi connectivity index (χ3v) is 3.62. The first-order chi connectivity index (χ1) is 9.95. The quantitative estimate of drug-likeness (QED) is 0.482. The van der Waals surface area contributed by atoms with E-state index in [4.69, 9.17) is 27.9 Å². The van der Waals surface area contributed by atoms with Crippen LogP contribution in [-0.4, -0.2) is 24.3 Å². The molecule has 0 spiro atoms. The third-order valence-electron chi connectivity index (χ3n) is 3.15. The molecule has 0 N–H and O–H groups in total. The normalized spacial score (nSPS) is 14.9. The fourth-order valence-corrected chi connectivity index (χ4v) is 2.35. The van der Waals surface area contributed by atoms with Gasteiger partial charge >= 0.3 is 0 Å². The molecule has 0 radical (unpaired) electrons. The van der Waals surface area contributed by atoms with Crippen LogP contribution in [0.4, 0.5) is 5.69 Å². The highest BCUT2D eigenvalue weighted by Crippen LogP contribution is 2.33. The molecule has 1 aliphatic heterocycles. The molecule has 0 aromatic heterocycles. The SMILES string of the molecule is CC(C)=C1CC(=O)N(c2ccc(Cl)c(OCCCl)c2)C1=O. The second kappa shape index (κ2) is 6.50. The van der Waals surface area contributed by atoms with Gasteiger partial charge in [-0.3, -0.25) is 9.59 Å². The van der Waals surface area contributed by atoms with Crippen molar-refractivity contribution < 1.29 is 14.3 Å². The summed E-state index contributed by atoms with van der Waals surface area (Å²) >= 11 is 11.6. The van der Waals surface area contributed by atoms with E-state index in [1.165, 1.54) is 0 Å². The van der Waals surface area contributed by atoms with Crippen LogP contribution in [-0.2, 0) is 9.59 Å². The van der Waals surface area contributed by atoms with Gasteiger partial charge in [0.05, 0.1) is 23.0 Å². The van der Waals surface area contributed by atoms with Gasteiger partial charge in [0.1, 0.15) is 12.4 Å². The lowest BCUT2D eigenvalue weighted by Gasteiger charge is -2.16. The molecule has 2 rings (SSSR count). The highest BCUT2D eigenvalue weighted by molar-refractivity contribution is 6.32. The Labute approximate surface area is 133 Å². The second-order valence-electron chi connectivity index (χ2n) is 4.84. The molecule has 1 aromatic rings. The molecule has 1 aromatic carbocycles. The summed E-state index contributed by atoms with van der Waals surface area (Å²) in [5.41, 5.74) is 1.84. The van der Waals surface area contributed by atoms with Crippen LogP contribution in [0.5, 0.6) is 5.75 Å². The van der Waals surface area contributed by atoms with E-state index in [1.807, 2.05) is 13.8 Å². The minimum absolute atomic E-state index is 0.127. The minimum atomic E-state index is -0.286. The molecule has 1 fully saturated rings. The van der Waals surface area contributed by atoms with Crippen LogP contribution < -0.4 is 9.64 Å². The summed E-state index contributed by atoms with van der Waals surface area (Å²) in [6, 6.07) is 4.81. The summed E-state index contributed by atoms with van der Waals surface area (Å²) in [5.74, 6) is 0.192. The molecular formula is C15H15Cl2NO3. The predicted molar refractivity (Wildman–Crippen MR) is 83.2 cm³/mol. The van der Waals surface area contributed by atoms with Crippen molar-refractivity contribution in [2.75, 3.05) is 17.4 Å². The maximum atomic E-state index is 12.3. The van der Waals surface area contributed by atoms with Crippen molar-refractivity contribution in [1.82, 2.24) is 0 Å². The molecule has 1 heterocycles. The first-order valence-electron chi connectivity index (χ1n) is 6.47. The Morgan fingerprint density at radius 1 is 1.33 bits per heavy atom. The van der Waals surface area contributed by atoms with E-state index in [-0.39, 0.29) is 18.2 Å². The number of benzene rings is 1. The highest BCUT2D eigenvalue weighted by Gasteiger charge is 2.35. The zero-order valence-electron chi connectivity index (χ0n) is 11.8. The zero-order valence-corrected chi connectivity index (χ0v) is 13.3. The first kappa shape index (κ1) is 15.9. The average Bonchev–Trinajstić information content (AvgIpc) is 2.74. The Morgan fingerprint density at radius 2 is 2.05 bits per heavy atom. The molecule has 112 valence electrons. The monoisotopic (exact) mass is 327 g/mol. The summed E-state index contributed by atoms with van der Waals surface area (Å²) in [6.45, 7) is 3.94. The number of nitrogens with zero attached hydrogens (tertiary/aromatic N) is 1. The minimum Gasteiger partial charge on any atom is -0.491 e. The number of carbonyl (C=O) groups is 2. The smallest absolute Gasteiger partial charge is 0.261 e. The number of ether oxygens (including phenoxy) is 1. The van der Waals surface area contributed by atoms with Gasteiger partial charge in [-0.25, -0.2) is 4.90 Å². The van der Waals surface area contributed by atoms with Gasteiger partial charge in [0.25, 0.3) is 5.91 Å². The second-order valence-corrected chi connectivity index (χ2v) is 5.63. The number of anilines is 1. The van der Waals surface area contributed by atoms with Crippen molar-refractivity contribution in [3.8, 4) is 5.75 Å². The number of imide groups is 1. The highest BCUT2D eigenvalue weighted by atomic mass is 35.5. The van der Waals surface area contributed by atoms with E-state index in [9.17, 15) is 9.59 Å². The number of alkyl halides is 1. The van der Waals surface area contributed by atoms with Gasteiger partial charge in [0.2, 0.25) is 5.91 Å². The van der Waals surface area contributed by atoms with Crippen molar-refractivity contribution in [2.24, 2.45) is 0 Å². The van der Waals surface area contributed by atoms with Crippen molar-refractivity contribution >= 4 is 40.7 Å². The van der Waals surface area contributed by atoms with Gasteiger partial charge in [-0.2, -0.15) is 0 Å². The Morgan fingerprint density at radius 3 is 2.62 bits per heavy atom. The molecule has 1 aliphatic rings. The summed E-state index contributed by atoms with van der Waals surface area (Å²) in [6.07, 6.45) is 0.127. The van der Waals surface area contributed by atoms with Crippen molar-refractivity contribution in [3.63, 3.8) is 0 Å². The van der Waals surface area contributed by atoms with Gasteiger partial charge in [0.15, 0.2) is 0 Å². The van der Waals surface area contributed by atoms with Crippen molar-refractivity contribution in [2.45, 2.75) is 20.3 Å². The molecule has 2 amide bonds. The van der Waals surface area contributed by atoms with Crippen molar-refractivity contribution in [3.05, 3.63) is 34.4 Å². The van der Waals surface area contributed by atoms with E-state index < -0.39 is 0 Å². The topological polar surface area (TPSA) is 46.6 Å². The van der Waals surface area contributed by atoms with Crippen LogP contribution in [0.15, 0.2) is 29.3 Å². The molecule has 0 unspecified atom stereocenters. The largest absolute Gasteiger partial charge is 0.491 e. The number of rotatable bonds is 4. The molecule has 0 atom stereocenters. The fraction of sp³-hybridized carbons (Fsp3) is 0.333. The lowest BCUT2D eigenvalue weighted by molar-refractivity contribution is -0.120.